The number of nitrogens with zero attached hydrogens (tertiary/aromatic N) is 1. The predicted molar refractivity (Wildman–Crippen MR) is 71.3 cm³/mol. The summed E-state index contributed by atoms with van der Waals surface area (Å²) in [6.07, 6.45) is 2.26. The molecule has 2 N–H and O–H groups in total. The van der Waals surface area contributed by atoms with Crippen molar-refractivity contribution in [3.05, 3.63) is 0 Å². The molecule has 1 saturated heterocycles. The lowest BCUT2D eigenvalue weighted by molar-refractivity contribution is -0.139. The quantitative estimate of drug-likeness (QED) is 0.832. The van der Waals surface area contributed by atoms with Crippen LogP contribution in [0.5, 0.6) is 0 Å². The van der Waals surface area contributed by atoms with E-state index in [1.165, 1.54) is 0 Å². The Bertz CT molecular complexity index is 241. The number of rotatable bonds is 4. The Labute approximate surface area is 110 Å². The first-order valence-electron chi connectivity index (χ1n) is 6.01. The number of ether oxygens (including phenoxy) is 1. The van der Waals surface area contributed by atoms with Crippen molar-refractivity contribution >= 4 is 18.3 Å². The number of nitrogens with two attached hydrogens (primary N) is 1. The minimum absolute atomic E-state index is 0. The molecule has 0 saturated carbocycles. The first kappa shape index (κ1) is 16.7. The van der Waals surface area contributed by atoms with Gasteiger partial charge in [0.2, 0.25) is 5.91 Å². The van der Waals surface area contributed by atoms with Gasteiger partial charge in [-0.05, 0) is 32.6 Å². The minimum atomic E-state index is -0.454. The maximum Gasteiger partial charge on any atom is 0.229 e. The molecule has 1 amide bonds. The van der Waals surface area contributed by atoms with Crippen LogP contribution in [0.15, 0.2) is 0 Å². The van der Waals surface area contributed by atoms with Gasteiger partial charge in [0.05, 0.1) is 12.0 Å². The Hall–Kier alpha value is -0.320. The van der Waals surface area contributed by atoms with Crippen molar-refractivity contribution in [1.82, 2.24) is 4.90 Å². The molecule has 1 fully saturated rings. The zero-order chi connectivity index (χ0) is 12.2. The Morgan fingerprint density at radius 3 is 2.65 bits per heavy atom. The summed E-state index contributed by atoms with van der Waals surface area (Å²) in [6.45, 7) is 6.59. The average Bonchev–Trinajstić information content (AvgIpc) is 2.29. The minimum Gasteiger partial charge on any atom is -0.381 e. The highest BCUT2D eigenvalue weighted by Gasteiger charge is 2.30. The molecule has 102 valence electrons. The average molecular weight is 265 g/mol. The van der Waals surface area contributed by atoms with Gasteiger partial charge in [-0.1, -0.05) is 0 Å². The van der Waals surface area contributed by atoms with E-state index in [0.717, 1.165) is 32.6 Å². The molecule has 1 unspecified atom stereocenters. The smallest absolute Gasteiger partial charge is 0.229 e. The molecule has 4 nitrogen and oxygen atoms in total. The predicted octanol–water partition coefficient (Wildman–Crippen LogP) is 1.28. The van der Waals surface area contributed by atoms with Crippen LogP contribution in [0.1, 0.15) is 26.7 Å². The van der Waals surface area contributed by atoms with Crippen molar-refractivity contribution in [3.8, 4) is 0 Å². The molecule has 1 aliphatic heterocycles. The summed E-state index contributed by atoms with van der Waals surface area (Å²) in [4.78, 5) is 13.9. The highest BCUT2D eigenvalue weighted by molar-refractivity contribution is 5.85. The molecular formula is C12H25ClN2O2. The Kier molecular flexibility index (Phi) is 7.05. The molecule has 0 aromatic carbocycles. The van der Waals surface area contributed by atoms with Crippen LogP contribution in [0.25, 0.3) is 0 Å². The fourth-order valence-electron chi connectivity index (χ4n) is 2.03. The van der Waals surface area contributed by atoms with Crippen molar-refractivity contribution in [1.29, 1.82) is 0 Å². The molecule has 0 aliphatic carbocycles. The van der Waals surface area contributed by atoms with Crippen molar-refractivity contribution < 1.29 is 9.53 Å². The lowest BCUT2D eigenvalue weighted by atomic mass is 9.91. The number of halogens is 1. The van der Waals surface area contributed by atoms with Gasteiger partial charge in [0, 0.05) is 26.7 Å². The molecule has 0 radical (unpaired) electrons. The molecule has 1 aliphatic rings. The zero-order valence-electron chi connectivity index (χ0n) is 11.1. The van der Waals surface area contributed by atoms with Gasteiger partial charge in [-0.2, -0.15) is 0 Å². The lowest BCUT2D eigenvalue weighted by Gasteiger charge is -2.32. The third-order valence-corrected chi connectivity index (χ3v) is 3.22. The summed E-state index contributed by atoms with van der Waals surface area (Å²) in [6, 6.07) is 0. The SMILES string of the molecule is CN(CC1CCCOC1)C(=O)C(C)(C)CN.Cl. The van der Waals surface area contributed by atoms with Gasteiger partial charge < -0.3 is 15.4 Å². The number of hydrogen-bond donors (Lipinski definition) is 1. The topological polar surface area (TPSA) is 55.6 Å². The van der Waals surface area contributed by atoms with Crippen LogP contribution in [-0.4, -0.2) is 44.2 Å². The number of carbonyl (C=O) groups is 1. The molecule has 0 bridgehead atoms. The molecule has 1 rings (SSSR count). The standard InChI is InChI=1S/C12H24N2O2.ClH/c1-12(2,9-13)11(15)14(3)7-10-5-4-6-16-8-10;/h10H,4-9,13H2,1-3H3;1H. The van der Waals surface area contributed by atoms with E-state index in [2.05, 4.69) is 0 Å². The Morgan fingerprint density at radius 2 is 2.18 bits per heavy atom. The Balaban J connectivity index is 0.00000256. The molecular weight excluding hydrogens is 240 g/mol. The summed E-state index contributed by atoms with van der Waals surface area (Å²) in [5, 5.41) is 0. The largest absolute Gasteiger partial charge is 0.381 e. The van der Waals surface area contributed by atoms with Gasteiger partial charge in [0.15, 0.2) is 0 Å². The van der Waals surface area contributed by atoms with E-state index in [4.69, 9.17) is 10.5 Å². The number of hydrogen-bond acceptors (Lipinski definition) is 3. The van der Waals surface area contributed by atoms with E-state index in [1.54, 1.807) is 4.90 Å². The van der Waals surface area contributed by atoms with Crippen molar-refractivity contribution in [3.63, 3.8) is 0 Å². The fraction of sp³-hybridized carbons (Fsp3) is 0.917. The molecule has 5 heteroatoms. The number of amides is 1. The molecule has 0 aromatic rings. The second kappa shape index (κ2) is 7.19. The molecule has 17 heavy (non-hydrogen) atoms. The lowest BCUT2D eigenvalue weighted by Crippen LogP contribution is -2.45. The monoisotopic (exact) mass is 264 g/mol. The van der Waals surface area contributed by atoms with Crippen LogP contribution in [0.3, 0.4) is 0 Å². The summed E-state index contributed by atoms with van der Waals surface area (Å²) in [5.74, 6) is 0.608. The first-order valence-corrected chi connectivity index (χ1v) is 6.01. The molecule has 1 atom stereocenters. The van der Waals surface area contributed by atoms with Gasteiger partial charge in [-0.15, -0.1) is 12.4 Å². The molecule has 0 spiro atoms. The fourth-order valence-corrected chi connectivity index (χ4v) is 2.03. The summed E-state index contributed by atoms with van der Waals surface area (Å²) in [5.41, 5.74) is 5.15. The van der Waals surface area contributed by atoms with E-state index in [9.17, 15) is 4.79 Å². The Morgan fingerprint density at radius 1 is 1.53 bits per heavy atom. The second-order valence-electron chi connectivity index (χ2n) is 5.36. The maximum atomic E-state index is 12.1. The van der Waals surface area contributed by atoms with Gasteiger partial charge in [0.25, 0.3) is 0 Å². The van der Waals surface area contributed by atoms with Crippen LogP contribution >= 0.6 is 12.4 Å². The second-order valence-corrected chi connectivity index (χ2v) is 5.36. The van der Waals surface area contributed by atoms with Crippen molar-refractivity contribution in [2.24, 2.45) is 17.1 Å². The van der Waals surface area contributed by atoms with Crippen LogP contribution in [0, 0.1) is 11.3 Å². The normalized spacial score (nSPS) is 20.6. The van der Waals surface area contributed by atoms with E-state index in [0.29, 0.717) is 12.5 Å². The molecule has 0 aromatic heterocycles. The van der Waals surface area contributed by atoms with Crippen LogP contribution in [0.2, 0.25) is 0 Å². The highest BCUT2D eigenvalue weighted by atomic mass is 35.5. The van der Waals surface area contributed by atoms with Crippen LogP contribution < -0.4 is 5.73 Å². The van der Waals surface area contributed by atoms with Crippen molar-refractivity contribution in [2.45, 2.75) is 26.7 Å². The number of carbonyl (C=O) groups excluding carboxylic acids is 1. The van der Waals surface area contributed by atoms with E-state index in [1.807, 2.05) is 20.9 Å². The zero-order valence-corrected chi connectivity index (χ0v) is 11.9. The van der Waals surface area contributed by atoms with E-state index < -0.39 is 5.41 Å². The van der Waals surface area contributed by atoms with Gasteiger partial charge in [0.1, 0.15) is 0 Å². The third-order valence-electron chi connectivity index (χ3n) is 3.22. The highest BCUT2D eigenvalue weighted by Crippen LogP contribution is 2.19. The summed E-state index contributed by atoms with van der Waals surface area (Å²) < 4.78 is 5.41. The first-order chi connectivity index (χ1) is 7.47. The van der Waals surface area contributed by atoms with Gasteiger partial charge in [-0.3, -0.25) is 4.79 Å². The third kappa shape index (κ3) is 4.82. The van der Waals surface area contributed by atoms with Gasteiger partial charge in [-0.25, -0.2) is 0 Å². The summed E-state index contributed by atoms with van der Waals surface area (Å²) in [7, 11) is 1.86. The van der Waals surface area contributed by atoms with Crippen molar-refractivity contribution in [2.75, 3.05) is 33.4 Å². The van der Waals surface area contributed by atoms with Crippen LogP contribution in [0.4, 0.5) is 0 Å². The van der Waals surface area contributed by atoms with Crippen LogP contribution in [-0.2, 0) is 9.53 Å². The maximum absolute atomic E-state index is 12.1. The van der Waals surface area contributed by atoms with E-state index in [-0.39, 0.29) is 18.3 Å². The molecule has 1 heterocycles. The van der Waals surface area contributed by atoms with E-state index >= 15 is 0 Å². The summed E-state index contributed by atoms with van der Waals surface area (Å²) >= 11 is 0. The van der Waals surface area contributed by atoms with Gasteiger partial charge >= 0.3 is 0 Å².